The van der Waals surface area contributed by atoms with E-state index in [0.717, 1.165) is 33.5 Å². The smallest absolute Gasteiger partial charge is 0.139 e. The van der Waals surface area contributed by atoms with E-state index in [1.165, 1.54) is 68.8 Å². The predicted octanol–water partition coefficient (Wildman–Crippen LogP) is 12.2. The summed E-state index contributed by atoms with van der Waals surface area (Å²) in [5.41, 5.74) is 6.33. The highest BCUT2D eigenvalue weighted by atomic mass is 32.1. The molecule has 0 atom stereocenters. The zero-order valence-electron chi connectivity index (χ0n) is 25.7. The number of fused-ring (bicyclic) bond motifs is 16. The van der Waals surface area contributed by atoms with Gasteiger partial charge in [0.05, 0.1) is 26.8 Å². The van der Waals surface area contributed by atoms with E-state index in [4.69, 9.17) is 9.97 Å². The average molecular weight is 628 g/mol. The number of aromatic nitrogens is 3. The van der Waals surface area contributed by atoms with Crippen LogP contribution in [0.1, 0.15) is 0 Å². The van der Waals surface area contributed by atoms with Gasteiger partial charge in [0.25, 0.3) is 0 Å². The van der Waals surface area contributed by atoms with Crippen LogP contribution in [-0.4, -0.2) is 14.5 Å². The lowest BCUT2D eigenvalue weighted by atomic mass is 9.89. The van der Waals surface area contributed by atoms with Gasteiger partial charge in [0.2, 0.25) is 0 Å². The van der Waals surface area contributed by atoms with Crippen molar-refractivity contribution in [2.45, 2.75) is 0 Å². The first-order chi connectivity index (χ1) is 23.8. The summed E-state index contributed by atoms with van der Waals surface area (Å²) >= 11 is 1.89. The maximum absolute atomic E-state index is 5.36. The van der Waals surface area contributed by atoms with E-state index < -0.39 is 0 Å². The Morgan fingerprint density at radius 2 is 1.12 bits per heavy atom. The Morgan fingerprint density at radius 1 is 0.500 bits per heavy atom. The second kappa shape index (κ2) is 9.71. The van der Waals surface area contributed by atoms with Gasteiger partial charge in [-0.1, -0.05) is 115 Å². The number of thiophene rings is 1. The van der Waals surface area contributed by atoms with Crippen molar-refractivity contribution in [2.75, 3.05) is 0 Å². The minimum Gasteiger partial charge on any atom is -0.292 e. The molecule has 0 spiro atoms. The number of pyridine rings is 2. The molecule has 48 heavy (non-hydrogen) atoms. The monoisotopic (exact) mass is 627 g/mol. The van der Waals surface area contributed by atoms with Crippen molar-refractivity contribution < 1.29 is 0 Å². The predicted molar refractivity (Wildman–Crippen MR) is 205 cm³/mol. The molecule has 11 rings (SSSR count). The molecule has 4 heterocycles. The van der Waals surface area contributed by atoms with Gasteiger partial charge in [-0.25, -0.2) is 4.98 Å². The molecule has 0 saturated carbocycles. The molecule has 0 radical (unpaired) electrons. The lowest BCUT2D eigenvalue weighted by molar-refractivity contribution is 1.10. The standard InChI is InChI=1S/C44H25N3S/c1-2-13-26(14-3-1)33-25-37(46-34-21-12-24-45-42(33)34)47-35-22-10-8-19-31(35)40-38-29-17-6-4-15-27(29)28-16-5-7-18-30(28)39(38)41-32-20-9-11-23-36(32)48-44(41)43(40)47/h1-25H. The van der Waals surface area contributed by atoms with E-state index in [9.17, 15) is 0 Å². The minimum atomic E-state index is 0.879. The summed E-state index contributed by atoms with van der Waals surface area (Å²) in [6, 6.07) is 52.5. The third kappa shape index (κ3) is 3.42. The van der Waals surface area contributed by atoms with Crippen molar-refractivity contribution in [1.29, 1.82) is 0 Å². The second-order valence-corrected chi connectivity index (χ2v) is 13.5. The maximum atomic E-state index is 5.36. The SMILES string of the molecule is c1ccc(-c2cc(-n3c4ccccc4c4c5c6ccccc6c6ccccc6c5c5c6ccccc6sc5c43)nc3cccnc23)cc1. The van der Waals surface area contributed by atoms with Crippen LogP contribution in [0, 0.1) is 0 Å². The number of benzene rings is 7. The van der Waals surface area contributed by atoms with Gasteiger partial charge >= 0.3 is 0 Å². The van der Waals surface area contributed by atoms with Crippen LogP contribution < -0.4 is 0 Å². The Bertz CT molecular complexity index is 3120. The normalized spacial score (nSPS) is 12.2. The fraction of sp³-hybridized carbons (Fsp3) is 0. The van der Waals surface area contributed by atoms with Crippen LogP contribution in [0.2, 0.25) is 0 Å². The van der Waals surface area contributed by atoms with Crippen LogP contribution in [0.4, 0.5) is 0 Å². The molecule has 0 aliphatic heterocycles. The summed E-state index contributed by atoms with van der Waals surface area (Å²) in [4.78, 5) is 10.2. The number of para-hydroxylation sites is 1. The van der Waals surface area contributed by atoms with E-state index >= 15 is 0 Å². The average Bonchev–Trinajstić information content (AvgIpc) is 3.71. The van der Waals surface area contributed by atoms with Crippen LogP contribution in [0.5, 0.6) is 0 Å². The Labute approximate surface area is 278 Å². The van der Waals surface area contributed by atoms with Crippen LogP contribution >= 0.6 is 11.3 Å². The van der Waals surface area contributed by atoms with Gasteiger partial charge in [-0.05, 0) is 57.4 Å². The number of rotatable bonds is 2. The van der Waals surface area contributed by atoms with Crippen molar-refractivity contribution >= 4 is 96.7 Å². The fourth-order valence-corrected chi connectivity index (χ4v) is 9.32. The maximum Gasteiger partial charge on any atom is 0.139 e. The van der Waals surface area contributed by atoms with E-state index in [-0.39, 0.29) is 0 Å². The number of nitrogens with zero attached hydrogens (tertiary/aromatic N) is 3. The van der Waals surface area contributed by atoms with Crippen LogP contribution in [-0.2, 0) is 0 Å². The van der Waals surface area contributed by atoms with Gasteiger partial charge in [0, 0.05) is 48.8 Å². The van der Waals surface area contributed by atoms with E-state index in [2.05, 4.69) is 144 Å². The van der Waals surface area contributed by atoms with Crippen molar-refractivity contribution in [2.24, 2.45) is 0 Å². The number of hydrogen-bond donors (Lipinski definition) is 0. The summed E-state index contributed by atoms with van der Waals surface area (Å²) in [7, 11) is 0. The fourth-order valence-electron chi connectivity index (χ4n) is 8.07. The molecule has 0 unspecified atom stereocenters. The highest BCUT2D eigenvalue weighted by molar-refractivity contribution is 7.27. The minimum absolute atomic E-state index is 0.879. The Balaban J connectivity index is 1.45. The van der Waals surface area contributed by atoms with E-state index in [1.54, 1.807) is 0 Å². The molecule has 0 saturated heterocycles. The van der Waals surface area contributed by atoms with Gasteiger partial charge in [-0.15, -0.1) is 11.3 Å². The van der Waals surface area contributed by atoms with Gasteiger partial charge in [0.15, 0.2) is 0 Å². The van der Waals surface area contributed by atoms with Gasteiger partial charge in [-0.2, -0.15) is 0 Å². The molecular formula is C44H25N3S. The molecule has 7 aromatic carbocycles. The molecule has 0 bridgehead atoms. The summed E-state index contributed by atoms with van der Waals surface area (Å²) in [5, 5.41) is 12.9. The molecule has 11 aromatic rings. The van der Waals surface area contributed by atoms with Crippen LogP contribution in [0.25, 0.3) is 102 Å². The first kappa shape index (κ1) is 26.0. The summed E-state index contributed by atoms with van der Waals surface area (Å²) in [5.74, 6) is 0.892. The molecule has 222 valence electrons. The van der Waals surface area contributed by atoms with Crippen molar-refractivity contribution in [3.63, 3.8) is 0 Å². The van der Waals surface area contributed by atoms with Crippen LogP contribution in [0.15, 0.2) is 152 Å². The molecule has 4 aromatic heterocycles. The quantitative estimate of drug-likeness (QED) is 0.179. The van der Waals surface area contributed by atoms with Crippen molar-refractivity contribution in [3.05, 3.63) is 152 Å². The zero-order chi connectivity index (χ0) is 31.3. The molecule has 3 nitrogen and oxygen atoms in total. The molecule has 0 amide bonds. The Morgan fingerprint density at radius 3 is 1.90 bits per heavy atom. The van der Waals surface area contributed by atoms with Crippen LogP contribution in [0.3, 0.4) is 0 Å². The third-order valence-corrected chi connectivity index (χ3v) is 11.2. The Kier molecular flexibility index (Phi) is 5.26. The lowest BCUT2D eigenvalue weighted by Gasteiger charge is -2.15. The Hall–Kier alpha value is -6.10. The van der Waals surface area contributed by atoms with Gasteiger partial charge < -0.3 is 0 Å². The molecule has 0 aliphatic carbocycles. The lowest BCUT2D eigenvalue weighted by Crippen LogP contribution is -2.00. The molecule has 0 aliphatic rings. The second-order valence-electron chi connectivity index (χ2n) is 12.5. The largest absolute Gasteiger partial charge is 0.292 e. The highest BCUT2D eigenvalue weighted by Crippen LogP contribution is 2.51. The zero-order valence-corrected chi connectivity index (χ0v) is 26.5. The van der Waals surface area contributed by atoms with E-state index in [0.29, 0.717) is 0 Å². The third-order valence-electron chi connectivity index (χ3n) is 9.98. The first-order valence-electron chi connectivity index (χ1n) is 16.3. The molecule has 4 heteroatoms. The summed E-state index contributed by atoms with van der Waals surface area (Å²) in [6.45, 7) is 0. The molecule has 0 fully saturated rings. The molecule has 0 N–H and O–H groups in total. The first-order valence-corrected chi connectivity index (χ1v) is 17.1. The topological polar surface area (TPSA) is 30.7 Å². The van der Waals surface area contributed by atoms with Crippen molar-refractivity contribution in [1.82, 2.24) is 14.5 Å². The van der Waals surface area contributed by atoms with E-state index in [1.807, 2.05) is 23.6 Å². The summed E-state index contributed by atoms with van der Waals surface area (Å²) < 4.78 is 4.99. The summed E-state index contributed by atoms with van der Waals surface area (Å²) in [6.07, 6.45) is 1.86. The number of hydrogen-bond acceptors (Lipinski definition) is 3. The van der Waals surface area contributed by atoms with Gasteiger partial charge in [-0.3, -0.25) is 9.55 Å². The molecular weight excluding hydrogens is 603 g/mol. The van der Waals surface area contributed by atoms with Gasteiger partial charge in [0.1, 0.15) is 5.82 Å². The van der Waals surface area contributed by atoms with Crippen molar-refractivity contribution in [3.8, 4) is 16.9 Å². The highest BCUT2D eigenvalue weighted by Gasteiger charge is 2.25.